The summed E-state index contributed by atoms with van der Waals surface area (Å²) in [5.74, 6) is -0.301. The van der Waals surface area contributed by atoms with Crippen LogP contribution in [0.4, 0.5) is 20.6 Å². The van der Waals surface area contributed by atoms with Crippen LogP contribution in [-0.4, -0.2) is 19.0 Å². The Balaban J connectivity index is 1.60. The van der Waals surface area contributed by atoms with Gasteiger partial charge in [0, 0.05) is 25.0 Å². The number of hydrogen-bond donors (Lipinski definition) is 2. The molecule has 0 saturated carbocycles. The van der Waals surface area contributed by atoms with E-state index in [9.17, 15) is 14.0 Å². The number of fused-ring (bicyclic) bond motifs is 1. The summed E-state index contributed by atoms with van der Waals surface area (Å²) in [6, 6.07) is 11.0. The maximum atomic E-state index is 13.1. The van der Waals surface area contributed by atoms with Gasteiger partial charge in [0.15, 0.2) is 0 Å². The summed E-state index contributed by atoms with van der Waals surface area (Å²) >= 11 is 0. The second kappa shape index (κ2) is 6.08. The third kappa shape index (κ3) is 3.31. The molecule has 0 aliphatic carbocycles. The first-order chi connectivity index (χ1) is 11.0. The first-order valence-corrected chi connectivity index (χ1v) is 7.22. The van der Waals surface area contributed by atoms with E-state index in [4.69, 9.17) is 0 Å². The number of hydrogen-bond acceptors (Lipinski definition) is 2. The average molecular weight is 313 g/mol. The predicted octanol–water partition coefficient (Wildman–Crippen LogP) is 2.67. The van der Waals surface area contributed by atoms with Crippen molar-refractivity contribution in [3.63, 3.8) is 0 Å². The van der Waals surface area contributed by atoms with Gasteiger partial charge in [0.2, 0.25) is 5.91 Å². The first kappa shape index (κ1) is 15.0. The van der Waals surface area contributed by atoms with Crippen LogP contribution in [0, 0.1) is 5.82 Å². The Hall–Kier alpha value is -2.89. The van der Waals surface area contributed by atoms with Crippen LogP contribution in [0.15, 0.2) is 42.5 Å². The third-order valence-corrected chi connectivity index (χ3v) is 3.76. The number of nitrogens with zero attached hydrogens (tertiary/aromatic N) is 1. The molecule has 1 heterocycles. The molecule has 0 spiro atoms. The van der Waals surface area contributed by atoms with Crippen LogP contribution in [0.1, 0.15) is 11.1 Å². The Morgan fingerprint density at radius 2 is 2.09 bits per heavy atom. The molecule has 1 aliphatic heterocycles. The molecule has 2 aromatic carbocycles. The molecule has 3 amide bonds. The van der Waals surface area contributed by atoms with Gasteiger partial charge in [-0.25, -0.2) is 9.18 Å². The molecule has 118 valence electrons. The molecular weight excluding hydrogens is 297 g/mol. The van der Waals surface area contributed by atoms with Crippen LogP contribution in [0.2, 0.25) is 0 Å². The van der Waals surface area contributed by atoms with Crippen LogP contribution >= 0.6 is 0 Å². The summed E-state index contributed by atoms with van der Waals surface area (Å²) in [5, 5.41) is 5.38. The lowest BCUT2D eigenvalue weighted by molar-refractivity contribution is -0.117. The van der Waals surface area contributed by atoms with Crippen molar-refractivity contribution < 1.29 is 14.0 Å². The molecule has 1 aliphatic rings. The Bertz CT molecular complexity index is 776. The average Bonchev–Trinajstić information content (AvgIpc) is 2.80. The van der Waals surface area contributed by atoms with Crippen molar-refractivity contribution in [1.82, 2.24) is 5.32 Å². The van der Waals surface area contributed by atoms with Crippen molar-refractivity contribution in [2.24, 2.45) is 0 Å². The van der Waals surface area contributed by atoms with Gasteiger partial charge < -0.3 is 15.5 Å². The highest BCUT2D eigenvalue weighted by molar-refractivity contribution is 6.01. The van der Waals surface area contributed by atoms with E-state index in [1.165, 1.54) is 12.1 Å². The highest BCUT2D eigenvalue weighted by atomic mass is 19.1. The summed E-state index contributed by atoms with van der Waals surface area (Å²) < 4.78 is 13.1. The maximum Gasteiger partial charge on any atom is 0.319 e. The number of rotatable bonds is 3. The Labute approximate surface area is 133 Å². The fourth-order valence-electron chi connectivity index (χ4n) is 2.55. The number of amides is 3. The van der Waals surface area contributed by atoms with Crippen molar-refractivity contribution in [2.45, 2.75) is 13.0 Å². The second-order valence-electron chi connectivity index (χ2n) is 5.41. The smallest absolute Gasteiger partial charge is 0.319 e. The first-order valence-electron chi connectivity index (χ1n) is 7.22. The van der Waals surface area contributed by atoms with Gasteiger partial charge >= 0.3 is 6.03 Å². The maximum absolute atomic E-state index is 13.1. The molecule has 2 N–H and O–H groups in total. The van der Waals surface area contributed by atoms with E-state index < -0.39 is 0 Å². The number of benzene rings is 2. The van der Waals surface area contributed by atoms with Gasteiger partial charge in [-0.1, -0.05) is 12.1 Å². The van der Waals surface area contributed by atoms with E-state index in [2.05, 4.69) is 10.6 Å². The molecule has 0 saturated heterocycles. The molecule has 23 heavy (non-hydrogen) atoms. The molecule has 5 nitrogen and oxygen atoms in total. The zero-order chi connectivity index (χ0) is 16.4. The molecular formula is C17H16FN3O2. The number of carbonyl (C=O) groups excluding carboxylic acids is 2. The lowest BCUT2D eigenvalue weighted by Gasteiger charge is -2.11. The minimum absolute atomic E-state index is 0.0349. The number of anilines is 2. The summed E-state index contributed by atoms with van der Waals surface area (Å²) in [6.45, 7) is 0.232. The van der Waals surface area contributed by atoms with Crippen molar-refractivity contribution >= 4 is 23.3 Å². The molecule has 0 bridgehead atoms. The van der Waals surface area contributed by atoms with E-state index in [0.29, 0.717) is 17.7 Å². The summed E-state index contributed by atoms with van der Waals surface area (Å²) in [6.07, 6.45) is 0.340. The summed E-state index contributed by atoms with van der Waals surface area (Å²) in [7, 11) is 1.73. The molecule has 6 heteroatoms. The highest BCUT2D eigenvalue weighted by Crippen LogP contribution is 2.29. The SMILES string of the molecule is CN1C(=O)Cc2cc(NC(=O)NCc3cccc(F)c3)ccc21. The standard InChI is InChI=1S/C17H16FN3O2/c1-21-15-6-5-14(8-12(15)9-16(21)22)20-17(23)19-10-11-3-2-4-13(18)7-11/h2-8H,9-10H2,1H3,(H2,19,20,23). The molecule has 0 radical (unpaired) electrons. The minimum atomic E-state index is -0.383. The second-order valence-corrected chi connectivity index (χ2v) is 5.41. The van der Waals surface area contributed by atoms with Gasteiger partial charge in [0.05, 0.1) is 6.42 Å². The number of likely N-dealkylation sites (N-methyl/N-ethyl adjacent to an activating group) is 1. The summed E-state index contributed by atoms with van der Waals surface area (Å²) in [5.41, 5.74) is 3.05. The van der Waals surface area contributed by atoms with Crippen molar-refractivity contribution in [1.29, 1.82) is 0 Å². The zero-order valence-corrected chi connectivity index (χ0v) is 12.6. The van der Waals surface area contributed by atoms with Gasteiger partial charge in [0.25, 0.3) is 0 Å². The molecule has 0 fully saturated rings. The van der Waals surface area contributed by atoms with Crippen LogP contribution in [-0.2, 0) is 17.8 Å². The van der Waals surface area contributed by atoms with E-state index in [1.54, 1.807) is 36.2 Å². The fraction of sp³-hybridized carbons (Fsp3) is 0.176. The van der Waals surface area contributed by atoms with Gasteiger partial charge in [-0.2, -0.15) is 0 Å². The Morgan fingerprint density at radius 1 is 1.26 bits per heavy atom. The third-order valence-electron chi connectivity index (χ3n) is 3.76. The molecule has 0 unspecified atom stereocenters. The Morgan fingerprint density at radius 3 is 2.87 bits per heavy atom. The molecule has 0 atom stereocenters. The van der Waals surface area contributed by atoms with Gasteiger partial charge in [0.1, 0.15) is 5.82 Å². The largest absolute Gasteiger partial charge is 0.334 e. The van der Waals surface area contributed by atoms with E-state index in [1.807, 2.05) is 6.07 Å². The summed E-state index contributed by atoms with van der Waals surface area (Å²) in [4.78, 5) is 25.2. The number of halogens is 1. The van der Waals surface area contributed by atoms with E-state index in [-0.39, 0.29) is 24.3 Å². The molecule has 2 aromatic rings. The molecule has 3 rings (SSSR count). The number of carbonyl (C=O) groups is 2. The van der Waals surface area contributed by atoms with Crippen molar-refractivity contribution in [3.8, 4) is 0 Å². The fourth-order valence-corrected chi connectivity index (χ4v) is 2.55. The van der Waals surface area contributed by atoms with Crippen molar-refractivity contribution in [2.75, 3.05) is 17.3 Å². The lowest BCUT2D eigenvalue weighted by atomic mass is 10.1. The zero-order valence-electron chi connectivity index (χ0n) is 12.6. The monoisotopic (exact) mass is 313 g/mol. The number of urea groups is 1. The lowest BCUT2D eigenvalue weighted by Crippen LogP contribution is -2.28. The highest BCUT2D eigenvalue weighted by Gasteiger charge is 2.23. The van der Waals surface area contributed by atoms with Crippen LogP contribution < -0.4 is 15.5 Å². The van der Waals surface area contributed by atoms with Crippen LogP contribution in [0.3, 0.4) is 0 Å². The van der Waals surface area contributed by atoms with Gasteiger partial charge in [-0.15, -0.1) is 0 Å². The topological polar surface area (TPSA) is 61.4 Å². The normalized spacial score (nSPS) is 13.0. The van der Waals surface area contributed by atoms with Crippen LogP contribution in [0.5, 0.6) is 0 Å². The Kier molecular flexibility index (Phi) is 3.97. The van der Waals surface area contributed by atoms with Gasteiger partial charge in [-0.05, 0) is 41.5 Å². The predicted molar refractivity (Wildman–Crippen MR) is 85.8 cm³/mol. The van der Waals surface area contributed by atoms with E-state index >= 15 is 0 Å². The quantitative estimate of drug-likeness (QED) is 0.915. The van der Waals surface area contributed by atoms with Crippen molar-refractivity contribution in [3.05, 3.63) is 59.4 Å². The minimum Gasteiger partial charge on any atom is -0.334 e. The van der Waals surface area contributed by atoms with Gasteiger partial charge in [-0.3, -0.25) is 4.79 Å². The van der Waals surface area contributed by atoms with E-state index in [0.717, 1.165) is 11.3 Å². The van der Waals surface area contributed by atoms with Crippen LogP contribution in [0.25, 0.3) is 0 Å². The molecule has 0 aromatic heterocycles. The number of nitrogens with one attached hydrogen (secondary N) is 2.